The fourth-order valence-corrected chi connectivity index (χ4v) is 3.11. The number of nitrogens with one attached hydrogen (secondary N) is 2. The first-order valence-corrected chi connectivity index (χ1v) is 8.54. The molecule has 0 saturated carbocycles. The maximum atomic E-state index is 11.5. The summed E-state index contributed by atoms with van der Waals surface area (Å²) >= 11 is 0. The molecule has 0 spiro atoms. The molecule has 3 heterocycles. The number of imidazole rings is 1. The number of rotatable bonds is 6. The summed E-state index contributed by atoms with van der Waals surface area (Å²) in [7, 11) is 0. The molecule has 1 saturated heterocycles. The summed E-state index contributed by atoms with van der Waals surface area (Å²) < 4.78 is 1.95. The largest absolute Gasteiger partial charge is 0.353 e. The highest BCUT2D eigenvalue weighted by Crippen LogP contribution is 2.18. The number of carbonyl (C=O) groups is 1. The lowest BCUT2D eigenvalue weighted by atomic mass is 10.1. The summed E-state index contributed by atoms with van der Waals surface area (Å²) in [5, 5.41) is 7.71. The van der Waals surface area contributed by atoms with Crippen molar-refractivity contribution >= 4 is 5.91 Å². The van der Waals surface area contributed by atoms with E-state index in [9.17, 15) is 4.79 Å². The van der Waals surface area contributed by atoms with E-state index >= 15 is 0 Å². The van der Waals surface area contributed by atoms with Gasteiger partial charge in [0.1, 0.15) is 5.82 Å². The van der Waals surface area contributed by atoms with E-state index in [0.29, 0.717) is 12.8 Å². The Bertz CT molecular complexity index is 840. The molecule has 1 aromatic carbocycles. The molecule has 128 valence electrons. The van der Waals surface area contributed by atoms with Crippen LogP contribution in [-0.2, 0) is 24.2 Å². The van der Waals surface area contributed by atoms with E-state index in [1.165, 1.54) is 0 Å². The van der Waals surface area contributed by atoms with Gasteiger partial charge in [-0.1, -0.05) is 30.3 Å². The number of H-pyrrole nitrogens is 1. The molecule has 1 aliphatic rings. The van der Waals surface area contributed by atoms with Crippen LogP contribution in [0.2, 0.25) is 0 Å². The van der Waals surface area contributed by atoms with E-state index in [-0.39, 0.29) is 11.9 Å². The van der Waals surface area contributed by atoms with Crippen LogP contribution in [0, 0.1) is 0 Å². The third-order valence-electron chi connectivity index (χ3n) is 4.44. The van der Waals surface area contributed by atoms with Gasteiger partial charge in [0.2, 0.25) is 5.91 Å². The first-order chi connectivity index (χ1) is 12.3. The van der Waals surface area contributed by atoms with Crippen LogP contribution in [0.5, 0.6) is 0 Å². The normalized spacial score (nSPS) is 17.0. The van der Waals surface area contributed by atoms with Crippen LogP contribution in [0.3, 0.4) is 0 Å². The van der Waals surface area contributed by atoms with Gasteiger partial charge >= 0.3 is 0 Å². The Kier molecular flexibility index (Phi) is 4.28. The topological polar surface area (TPSA) is 88.5 Å². The molecule has 0 bridgehead atoms. The third kappa shape index (κ3) is 3.60. The molecule has 4 rings (SSSR count). The van der Waals surface area contributed by atoms with E-state index < -0.39 is 0 Å². The average Bonchev–Trinajstić information content (AvgIpc) is 3.36. The molecule has 2 N–H and O–H groups in total. The Morgan fingerprint density at radius 2 is 2.12 bits per heavy atom. The average molecular weight is 336 g/mol. The van der Waals surface area contributed by atoms with Crippen LogP contribution in [0.25, 0.3) is 11.4 Å². The molecule has 1 fully saturated rings. The van der Waals surface area contributed by atoms with Crippen molar-refractivity contribution in [3.8, 4) is 11.4 Å². The zero-order valence-electron chi connectivity index (χ0n) is 13.9. The molecule has 7 heteroatoms. The number of aromatic amines is 1. The van der Waals surface area contributed by atoms with Crippen molar-refractivity contribution in [3.63, 3.8) is 0 Å². The Morgan fingerprint density at radius 3 is 2.84 bits per heavy atom. The lowest BCUT2D eigenvalue weighted by molar-refractivity contribution is -0.119. The van der Waals surface area contributed by atoms with Gasteiger partial charge in [-0.15, -0.1) is 0 Å². The summed E-state index contributed by atoms with van der Waals surface area (Å²) in [5.74, 6) is 1.76. The maximum Gasteiger partial charge on any atom is 0.220 e. The van der Waals surface area contributed by atoms with Gasteiger partial charge in [-0.25, -0.2) is 14.6 Å². The van der Waals surface area contributed by atoms with Gasteiger partial charge in [-0.2, -0.15) is 5.10 Å². The van der Waals surface area contributed by atoms with Crippen molar-refractivity contribution in [1.29, 1.82) is 0 Å². The minimum Gasteiger partial charge on any atom is -0.353 e. The van der Waals surface area contributed by atoms with Crippen molar-refractivity contribution in [2.75, 3.05) is 0 Å². The monoisotopic (exact) mass is 336 g/mol. The highest BCUT2D eigenvalue weighted by atomic mass is 16.1. The SMILES string of the molecule is O=C1CC[C@H](Cc2nc(-c3ccccc3)nn2CCc2cnc[nH]2)N1. The number of nitrogens with zero attached hydrogens (tertiary/aromatic N) is 4. The van der Waals surface area contributed by atoms with Crippen LogP contribution < -0.4 is 5.32 Å². The van der Waals surface area contributed by atoms with E-state index in [4.69, 9.17) is 10.1 Å². The zero-order chi connectivity index (χ0) is 17.1. The van der Waals surface area contributed by atoms with Crippen LogP contribution >= 0.6 is 0 Å². The Hall–Kier alpha value is -2.96. The second-order valence-corrected chi connectivity index (χ2v) is 6.27. The quantitative estimate of drug-likeness (QED) is 0.717. The van der Waals surface area contributed by atoms with Crippen molar-refractivity contribution in [2.45, 2.75) is 38.3 Å². The van der Waals surface area contributed by atoms with E-state index in [1.807, 2.05) is 41.2 Å². The second-order valence-electron chi connectivity index (χ2n) is 6.27. The highest BCUT2D eigenvalue weighted by molar-refractivity contribution is 5.78. The molecule has 2 aromatic heterocycles. The number of aryl methyl sites for hydroxylation is 2. The highest BCUT2D eigenvalue weighted by Gasteiger charge is 2.23. The van der Waals surface area contributed by atoms with Gasteiger partial charge in [0.25, 0.3) is 0 Å². The lowest BCUT2D eigenvalue weighted by Crippen LogP contribution is -2.28. The molecular formula is C18H20N6O. The van der Waals surface area contributed by atoms with Gasteiger partial charge in [-0.3, -0.25) is 4.79 Å². The summed E-state index contributed by atoms with van der Waals surface area (Å²) in [6.07, 6.45) is 6.47. The summed E-state index contributed by atoms with van der Waals surface area (Å²) in [4.78, 5) is 23.4. The number of hydrogen-bond donors (Lipinski definition) is 2. The minimum absolute atomic E-state index is 0.122. The fourth-order valence-electron chi connectivity index (χ4n) is 3.11. The number of carbonyl (C=O) groups excluding carboxylic acids is 1. The fraction of sp³-hybridized carbons (Fsp3) is 0.333. The smallest absolute Gasteiger partial charge is 0.220 e. The minimum atomic E-state index is 0.122. The Balaban J connectivity index is 1.57. The van der Waals surface area contributed by atoms with E-state index in [2.05, 4.69) is 15.3 Å². The van der Waals surface area contributed by atoms with E-state index in [1.54, 1.807) is 6.33 Å². The molecule has 0 aliphatic carbocycles. The predicted molar refractivity (Wildman–Crippen MR) is 92.6 cm³/mol. The molecule has 25 heavy (non-hydrogen) atoms. The molecule has 3 aromatic rings. The standard InChI is InChI=1S/C18H20N6O/c25-17-7-6-14(21-17)10-16-22-18(13-4-2-1-3-5-13)23-24(16)9-8-15-11-19-12-20-15/h1-5,11-12,14H,6-10H2,(H,19,20)(H,21,25)/t14-/m1/s1. The number of aromatic nitrogens is 5. The molecule has 1 aliphatic heterocycles. The van der Waals surface area contributed by atoms with Crippen molar-refractivity contribution < 1.29 is 4.79 Å². The van der Waals surface area contributed by atoms with Gasteiger partial charge in [0.15, 0.2) is 5.82 Å². The van der Waals surface area contributed by atoms with Crippen molar-refractivity contribution in [1.82, 2.24) is 30.0 Å². The summed E-state index contributed by atoms with van der Waals surface area (Å²) in [6.45, 7) is 0.720. The number of amides is 1. The number of hydrogen-bond acceptors (Lipinski definition) is 4. The van der Waals surface area contributed by atoms with E-state index in [0.717, 1.165) is 42.3 Å². The van der Waals surface area contributed by atoms with Crippen LogP contribution in [0.1, 0.15) is 24.4 Å². The van der Waals surface area contributed by atoms with Crippen molar-refractivity contribution in [3.05, 3.63) is 54.4 Å². The third-order valence-corrected chi connectivity index (χ3v) is 4.44. The predicted octanol–water partition coefficient (Wildman–Crippen LogP) is 1.73. The first-order valence-electron chi connectivity index (χ1n) is 8.54. The van der Waals surface area contributed by atoms with Gasteiger partial charge in [-0.05, 0) is 6.42 Å². The van der Waals surface area contributed by atoms with Gasteiger partial charge < -0.3 is 10.3 Å². The zero-order valence-corrected chi connectivity index (χ0v) is 13.9. The van der Waals surface area contributed by atoms with Crippen LogP contribution in [-0.4, -0.2) is 36.7 Å². The molecule has 1 atom stereocenters. The molecule has 7 nitrogen and oxygen atoms in total. The van der Waals surface area contributed by atoms with Gasteiger partial charge in [0, 0.05) is 49.3 Å². The lowest BCUT2D eigenvalue weighted by Gasteiger charge is -2.10. The molecule has 0 unspecified atom stereocenters. The molecule has 1 amide bonds. The Labute approximate surface area is 145 Å². The second kappa shape index (κ2) is 6.88. The summed E-state index contributed by atoms with van der Waals surface area (Å²) in [6, 6.07) is 10.1. The molecular weight excluding hydrogens is 316 g/mol. The van der Waals surface area contributed by atoms with Crippen LogP contribution in [0.4, 0.5) is 0 Å². The first kappa shape index (κ1) is 15.6. The van der Waals surface area contributed by atoms with Gasteiger partial charge in [0.05, 0.1) is 6.33 Å². The Morgan fingerprint density at radius 1 is 1.24 bits per heavy atom. The summed E-state index contributed by atoms with van der Waals surface area (Å²) in [5.41, 5.74) is 2.07. The number of benzene rings is 1. The maximum absolute atomic E-state index is 11.5. The van der Waals surface area contributed by atoms with Crippen molar-refractivity contribution in [2.24, 2.45) is 0 Å². The molecule has 0 radical (unpaired) electrons. The van der Waals surface area contributed by atoms with Crippen LogP contribution in [0.15, 0.2) is 42.9 Å².